The molecule has 0 amide bonds. The molecule has 3 rings (SSSR count). The third-order valence-electron chi connectivity index (χ3n) is 4.38. The number of hydrogen-bond acceptors (Lipinski definition) is 6. The molecule has 0 radical (unpaired) electrons. The summed E-state index contributed by atoms with van der Waals surface area (Å²) in [5, 5.41) is 3.33. The second-order valence-electron chi connectivity index (χ2n) is 6.68. The Morgan fingerprint density at radius 1 is 0.966 bits per heavy atom. The van der Waals surface area contributed by atoms with E-state index in [4.69, 9.17) is 15.2 Å². The lowest BCUT2D eigenvalue weighted by Crippen LogP contribution is -2.09. The molecule has 0 bridgehead atoms. The van der Waals surface area contributed by atoms with E-state index < -0.39 is 0 Å². The minimum atomic E-state index is 0.224. The number of nitrogens with zero attached hydrogens (tertiary/aromatic N) is 2. The van der Waals surface area contributed by atoms with Crippen LogP contribution in [-0.2, 0) is 13.0 Å². The molecule has 29 heavy (non-hydrogen) atoms. The predicted octanol–water partition coefficient (Wildman–Crippen LogP) is 5.20. The van der Waals surface area contributed by atoms with Crippen molar-refractivity contribution < 1.29 is 9.47 Å². The predicted molar refractivity (Wildman–Crippen MR) is 117 cm³/mol. The summed E-state index contributed by atoms with van der Waals surface area (Å²) in [6.45, 7) is 5.45. The van der Waals surface area contributed by atoms with Gasteiger partial charge in [-0.15, -0.1) is 0 Å². The van der Waals surface area contributed by atoms with E-state index in [1.54, 1.807) is 0 Å². The van der Waals surface area contributed by atoms with Crippen molar-refractivity contribution in [3.05, 3.63) is 65.9 Å². The Bertz CT molecular complexity index is 916. The molecular weight excluding hydrogens is 364 g/mol. The van der Waals surface area contributed by atoms with Crippen molar-refractivity contribution in [2.24, 2.45) is 0 Å². The highest BCUT2D eigenvalue weighted by atomic mass is 16.5. The first-order valence-electron chi connectivity index (χ1n) is 10.0. The van der Waals surface area contributed by atoms with Crippen LogP contribution in [-0.4, -0.2) is 16.6 Å². The molecule has 0 aliphatic rings. The maximum absolute atomic E-state index is 6.20. The molecule has 0 saturated heterocycles. The highest BCUT2D eigenvalue weighted by Gasteiger charge is 2.15. The first kappa shape index (κ1) is 20.5. The quantitative estimate of drug-likeness (QED) is 0.461. The maximum atomic E-state index is 6.20. The Labute approximate surface area is 172 Å². The number of benzene rings is 2. The van der Waals surface area contributed by atoms with Gasteiger partial charge in [0.15, 0.2) is 11.6 Å². The minimum Gasteiger partial charge on any atom is -0.493 e. The molecule has 6 nitrogen and oxygen atoms in total. The van der Waals surface area contributed by atoms with E-state index in [1.807, 2.05) is 49.4 Å². The van der Waals surface area contributed by atoms with Gasteiger partial charge in [0.1, 0.15) is 11.5 Å². The number of hydrogen-bond donors (Lipinski definition) is 2. The number of ether oxygens (including phenoxy) is 2. The molecular formula is C23H28N4O2. The van der Waals surface area contributed by atoms with Crippen LogP contribution in [0.15, 0.2) is 54.6 Å². The van der Waals surface area contributed by atoms with Crippen LogP contribution in [0.4, 0.5) is 11.8 Å². The minimum absolute atomic E-state index is 0.224. The number of nitrogens with one attached hydrogen (secondary N) is 1. The average Bonchev–Trinajstić information content (AvgIpc) is 2.75. The lowest BCUT2D eigenvalue weighted by Gasteiger charge is -2.16. The molecule has 1 aromatic heterocycles. The van der Waals surface area contributed by atoms with Crippen LogP contribution >= 0.6 is 0 Å². The largest absolute Gasteiger partial charge is 0.493 e. The fourth-order valence-corrected chi connectivity index (χ4v) is 2.84. The van der Waals surface area contributed by atoms with Crippen molar-refractivity contribution in [3.8, 4) is 17.2 Å². The van der Waals surface area contributed by atoms with Gasteiger partial charge in [-0.3, -0.25) is 0 Å². The van der Waals surface area contributed by atoms with Crippen molar-refractivity contribution in [1.82, 2.24) is 9.97 Å². The summed E-state index contributed by atoms with van der Waals surface area (Å²) >= 11 is 0. The standard InChI is InChI=1S/C23H28N4O2/c1-3-5-14-28-18-12-9-13-19(15-18)29-21-20(4-2)26-23(24)27-22(21)25-16-17-10-7-6-8-11-17/h6-13,15H,3-5,14,16H2,1-2H3,(H3,24,25,26,27). The van der Waals surface area contributed by atoms with Gasteiger partial charge in [-0.2, -0.15) is 4.98 Å². The van der Waals surface area contributed by atoms with Gasteiger partial charge in [0.05, 0.1) is 12.3 Å². The molecule has 0 unspecified atom stereocenters. The third kappa shape index (κ3) is 5.85. The molecule has 1 heterocycles. The van der Waals surface area contributed by atoms with Gasteiger partial charge in [0.2, 0.25) is 5.95 Å². The van der Waals surface area contributed by atoms with Gasteiger partial charge >= 0.3 is 0 Å². The highest BCUT2D eigenvalue weighted by molar-refractivity contribution is 5.57. The zero-order valence-corrected chi connectivity index (χ0v) is 17.0. The van der Waals surface area contributed by atoms with Gasteiger partial charge < -0.3 is 20.5 Å². The third-order valence-corrected chi connectivity index (χ3v) is 4.38. The first-order valence-corrected chi connectivity index (χ1v) is 10.0. The Morgan fingerprint density at radius 3 is 2.52 bits per heavy atom. The zero-order chi connectivity index (χ0) is 20.5. The molecule has 0 saturated carbocycles. The Kier molecular flexibility index (Phi) is 7.28. The molecule has 6 heteroatoms. The van der Waals surface area contributed by atoms with Crippen LogP contribution in [0.3, 0.4) is 0 Å². The van der Waals surface area contributed by atoms with E-state index in [1.165, 1.54) is 0 Å². The van der Waals surface area contributed by atoms with E-state index in [2.05, 4.69) is 34.3 Å². The van der Waals surface area contributed by atoms with E-state index in [0.717, 1.165) is 29.8 Å². The van der Waals surface area contributed by atoms with Crippen molar-refractivity contribution in [2.75, 3.05) is 17.7 Å². The molecule has 3 aromatic rings. The number of nitrogens with two attached hydrogens (primary N) is 1. The van der Waals surface area contributed by atoms with E-state index in [0.29, 0.717) is 36.9 Å². The smallest absolute Gasteiger partial charge is 0.222 e. The first-order chi connectivity index (χ1) is 14.2. The molecule has 0 spiro atoms. The van der Waals surface area contributed by atoms with Crippen molar-refractivity contribution in [1.29, 1.82) is 0 Å². The fourth-order valence-electron chi connectivity index (χ4n) is 2.84. The number of aromatic nitrogens is 2. The van der Waals surface area contributed by atoms with Crippen LogP contribution in [0, 0.1) is 0 Å². The fraction of sp³-hybridized carbons (Fsp3) is 0.304. The number of anilines is 2. The molecule has 0 fully saturated rings. The molecule has 0 aliphatic heterocycles. The van der Waals surface area contributed by atoms with Gasteiger partial charge in [-0.05, 0) is 30.5 Å². The molecule has 152 valence electrons. The van der Waals surface area contributed by atoms with Crippen molar-refractivity contribution in [3.63, 3.8) is 0 Å². The van der Waals surface area contributed by atoms with Gasteiger partial charge in [-0.1, -0.05) is 56.7 Å². The number of rotatable bonds is 10. The molecule has 0 aliphatic carbocycles. The topological polar surface area (TPSA) is 82.3 Å². The lowest BCUT2D eigenvalue weighted by molar-refractivity contribution is 0.308. The Hall–Kier alpha value is -3.28. The summed E-state index contributed by atoms with van der Waals surface area (Å²) in [5.74, 6) is 2.84. The lowest BCUT2D eigenvalue weighted by atomic mass is 10.2. The van der Waals surface area contributed by atoms with Gasteiger partial charge in [0, 0.05) is 12.6 Å². The van der Waals surface area contributed by atoms with Crippen LogP contribution in [0.1, 0.15) is 37.9 Å². The van der Waals surface area contributed by atoms with E-state index >= 15 is 0 Å². The number of aryl methyl sites for hydroxylation is 1. The van der Waals surface area contributed by atoms with Crippen LogP contribution in [0.5, 0.6) is 17.2 Å². The SMILES string of the molecule is CCCCOc1cccc(Oc2c(CC)nc(N)nc2NCc2ccccc2)c1. The summed E-state index contributed by atoms with van der Waals surface area (Å²) < 4.78 is 12.0. The van der Waals surface area contributed by atoms with Gasteiger partial charge in [0.25, 0.3) is 0 Å². The number of nitrogen functional groups attached to an aromatic ring is 1. The molecule has 3 N–H and O–H groups in total. The van der Waals surface area contributed by atoms with Crippen LogP contribution in [0.25, 0.3) is 0 Å². The maximum Gasteiger partial charge on any atom is 0.222 e. The van der Waals surface area contributed by atoms with E-state index in [-0.39, 0.29) is 5.95 Å². The molecule has 0 atom stereocenters. The zero-order valence-electron chi connectivity index (χ0n) is 17.0. The number of unbranched alkanes of at least 4 members (excludes halogenated alkanes) is 1. The van der Waals surface area contributed by atoms with Crippen LogP contribution in [0.2, 0.25) is 0 Å². The van der Waals surface area contributed by atoms with Gasteiger partial charge in [-0.25, -0.2) is 4.98 Å². The van der Waals surface area contributed by atoms with Crippen molar-refractivity contribution in [2.45, 2.75) is 39.7 Å². The second-order valence-corrected chi connectivity index (χ2v) is 6.68. The summed E-state index contributed by atoms with van der Waals surface area (Å²) in [5.41, 5.74) is 7.81. The second kappa shape index (κ2) is 10.3. The highest BCUT2D eigenvalue weighted by Crippen LogP contribution is 2.33. The summed E-state index contributed by atoms with van der Waals surface area (Å²) in [4.78, 5) is 8.73. The summed E-state index contributed by atoms with van der Waals surface area (Å²) in [7, 11) is 0. The monoisotopic (exact) mass is 392 g/mol. The normalized spacial score (nSPS) is 10.6. The Morgan fingerprint density at radius 2 is 1.76 bits per heavy atom. The average molecular weight is 393 g/mol. The summed E-state index contributed by atoms with van der Waals surface area (Å²) in [6.07, 6.45) is 2.79. The van der Waals surface area contributed by atoms with E-state index in [9.17, 15) is 0 Å². The Balaban J connectivity index is 1.82. The van der Waals surface area contributed by atoms with Crippen LogP contribution < -0.4 is 20.5 Å². The summed E-state index contributed by atoms with van der Waals surface area (Å²) in [6, 6.07) is 17.7. The molecule has 2 aromatic carbocycles. The van der Waals surface area contributed by atoms with Crippen molar-refractivity contribution >= 4 is 11.8 Å².